The first kappa shape index (κ1) is 20.1. The number of rotatable bonds is 6. The van der Waals surface area contributed by atoms with Crippen molar-refractivity contribution in [2.75, 3.05) is 27.4 Å². The summed E-state index contributed by atoms with van der Waals surface area (Å²) in [6, 6.07) is 4.68. The Kier molecular flexibility index (Phi) is 5.34. The smallest absolute Gasteiger partial charge is 0.326 e. The van der Waals surface area contributed by atoms with Gasteiger partial charge in [0.1, 0.15) is 17.0 Å². The van der Waals surface area contributed by atoms with Crippen LogP contribution in [0.15, 0.2) is 18.2 Å². The van der Waals surface area contributed by atoms with Crippen LogP contribution in [0.5, 0.6) is 11.5 Å². The number of nitrogens with zero attached hydrogens (tertiary/aromatic N) is 1. The lowest BCUT2D eigenvalue weighted by Gasteiger charge is -2.29. The summed E-state index contributed by atoms with van der Waals surface area (Å²) < 4.78 is 16.0. The minimum absolute atomic E-state index is 0.184. The topological polar surface area (TPSA) is 94.2 Å². The third kappa shape index (κ3) is 2.83. The Morgan fingerprint density at radius 3 is 2.46 bits per heavy atom. The van der Waals surface area contributed by atoms with Crippen LogP contribution in [0.3, 0.4) is 0 Å². The fraction of sp³-hybridized carbons (Fsp3) is 0.550. The van der Waals surface area contributed by atoms with E-state index in [1.807, 2.05) is 0 Å². The summed E-state index contributed by atoms with van der Waals surface area (Å²) in [5.74, 6) is -1.62. The Hall–Kier alpha value is -2.61. The number of hydrogen-bond donors (Lipinski definition) is 1. The molecule has 0 aromatic heterocycles. The van der Waals surface area contributed by atoms with Crippen molar-refractivity contribution in [2.24, 2.45) is 11.8 Å². The van der Waals surface area contributed by atoms with Gasteiger partial charge in [-0.25, -0.2) is 0 Å². The molecule has 2 saturated heterocycles. The average molecular weight is 390 g/mol. The summed E-state index contributed by atoms with van der Waals surface area (Å²) >= 11 is 0. The predicted octanol–water partition coefficient (Wildman–Crippen LogP) is 1.29. The lowest BCUT2D eigenvalue weighted by atomic mass is 9.80. The molecule has 1 N–H and O–H groups in total. The highest BCUT2D eigenvalue weighted by molar-refractivity contribution is 6.09. The highest BCUT2D eigenvalue weighted by atomic mass is 16.5. The molecule has 0 bridgehead atoms. The number of imide groups is 1. The number of hydrogen-bond acceptors (Lipinski definition) is 7. The second-order valence-electron chi connectivity index (χ2n) is 7.08. The molecule has 8 nitrogen and oxygen atoms in total. The summed E-state index contributed by atoms with van der Waals surface area (Å²) in [5, 5.41) is 3.22. The van der Waals surface area contributed by atoms with Crippen molar-refractivity contribution in [2.45, 2.75) is 32.4 Å². The minimum atomic E-state index is -1.31. The number of carbonyl (C=O) groups is 3. The van der Waals surface area contributed by atoms with Gasteiger partial charge in [0.2, 0.25) is 11.8 Å². The zero-order valence-corrected chi connectivity index (χ0v) is 16.8. The van der Waals surface area contributed by atoms with E-state index in [0.717, 1.165) is 0 Å². The van der Waals surface area contributed by atoms with Gasteiger partial charge < -0.3 is 14.2 Å². The SMILES string of the molecule is CCOC(=O)[C@]1(C)N[C@@H](c2ccc(OC)cc2OC)[C@H]2C(=O)N(CC)C(=O)[C@@H]21. The second kappa shape index (κ2) is 7.43. The molecule has 2 fully saturated rings. The van der Waals surface area contributed by atoms with E-state index < -0.39 is 29.4 Å². The molecule has 0 radical (unpaired) electrons. The number of methoxy groups -OCH3 is 2. The standard InChI is InChI=1S/C20H26N2O6/c1-6-22-17(23)14-15(18(22)24)20(3,19(25)28-7-2)21-16(14)12-9-8-11(26-4)10-13(12)27-5/h8-10,14-16,21H,6-7H2,1-5H3/t14-,15+,16-,20+/m0/s1. The predicted molar refractivity (Wildman–Crippen MR) is 99.8 cm³/mol. The molecular weight excluding hydrogens is 364 g/mol. The zero-order chi connectivity index (χ0) is 20.6. The summed E-state index contributed by atoms with van der Waals surface area (Å²) in [6.07, 6.45) is 0. The first-order valence-corrected chi connectivity index (χ1v) is 9.36. The number of likely N-dealkylation sites (tertiary alicyclic amines) is 1. The van der Waals surface area contributed by atoms with Crippen LogP contribution >= 0.6 is 0 Å². The van der Waals surface area contributed by atoms with Crippen LogP contribution in [-0.4, -0.2) is 55.6 Å². The van der Waals surface area contributed by atoms with Crippen molar-refractivity contribution in [3.05, 3.63) is 23.8 Å². The maximum Gasteiger partial charge on any atom is 0.326 e. The van der Waals surface area contributed by atoms with Crippen molar-refractivity contribution < 1.29 is 28.6 Å². The van der Waals surface area contributed by atoms with E-state index in [4.69, 9.17) is 14.2 Å². The van der Waals surface area contributed by atoms with Crippen LogP contribution < -0.4 is 14.8 Å². The van der Waals surface area contributed by atoms with Gasteiger partial charge in [-0.05, 0) is 26.8 Å². The number of nitrogens with one attached hydrogen (secondary N) is 1. The molecule has 2 aliphatic rings. The maximum atomic E-state index is 13.1. The summed E-state index contributed by atoms with van der Waals surface area (Å²) in [5.41, 5.74) is -0.627. The summed E-state index contributed by atoms with van der Waals surface area (Å²) in [4.78, 5) is 40.0. The third-order valence-corrected chi connectivity index (χ3v) is 5.67. The number of fused-ring (bicyclic) bond motifs is 1. The van der Waals surface area contributed by atoms with Crippen LogP contribution in [0.1, 0.15) is 32.4 Å². The van der Waals surface area contributed by atoms with Crippen molar-refractivity contribution >= 4 is 17.8 Å². The van der Waals surface area contributed by atoms with Gasteiger partial charge in [0.25, 0.3) is 0 Å². The Bertz CT molecular complexity index is 810. The Labute approximate surface area is 164 Å². The Balaban J connectivity index is 2.12. The van der Waals surface area contributed by atoms with Gasteiger partial charge in [-0.3, -0.25) is 24.6 Å². The van der Waals surface area contributed by atoms with E-state index in [2.05, 4.69) is 5.32 Å². The number of amides is 2. The van der Waals surface area contributed by atoms with E-state index in [9.17, 15) is 14.4 Å². The van der Waals surface area contributed by atoms with Crippen LogP contribution in [-0.2, 0) is 19.1 Å². The first-order valence-electron chi connectivity index (χ1n) is 9.36. The van der Waals surface area contributed by atoms with Gasteiger partial charge in [-0.2, -0.15) is 0 Å². The molecule has 0 aliphatic carbocycles. The van der Waals surface area contributed by atoms with E-state index >= 15 is 0 Å². The second-order valence-corrected chi connectivity index (χ2v) is 7.08. The Morgan fingerprint density at radius 1 is 1.18 bits per heavy atom. The number of esters is 1. The van der Waals surface area contributed by atoms with Gasteiger partial charge in [0.05, 0.1) is 32.7 Å². The molecular formula is C20H26N2O6. The highest BCUT2D eigenvalue weighted by Crippen LogP contribution is 2.50. The lowest BCUT2D eigenvalue weighted by Crippen LogP contribution is -2.54. The monoisotopic (exact) mass is 390 g/mol. The third-order valence-electron chi connectivity index (χ3n) is 5.67. The molecule has 3 rings (SSSR count). The zero-order valence-electron chi connectivity index (χ0n) is 16.8. The maximum absolute atomic E-state index is 13.1. The van der Waals surface area contributed by atoms with Crippen LogP contribution in [0, 0.1) is 11.8 Å². The van der Waals surface area contributed by atoms with Crippen molar-refractivity contribution in [3.63, 3.8) is 0 Å². The number of ether oxygens (including phenoxy) is 3. The molecule has 0 spiro atoms. The average Bonchev–Trinajstić information content (AvgIpc) is 3.15. The van der Waals surface area contributed by atoms with Crippen molar-refractivity contribution in [3.8, 4) is 11.5 Å². The fourth-order valence-electron chi connectivity index (χ4n) is 4.32. The van der Waals surface area contributed by atoms with Gasteiger partial charge in [-0.1, -0.05) is 6.07 Å². The minimum Gasteiger partial charge on any atom is -0.497 e. The summed E-state index contributed by atoms with van der Waals surface area (Å²) in [7, 11) is 3.07. The molecule has 0 unspecified atom stereocenters. The van der Waals surface area contributed by atoms with Gasteiger partial charge in [-0.15, -0.1) is 0 Å². The van der Waals surface area contributed by atoms with E-state index in [1.165, 1.54) is 12.0 Å². The van der Waals surface area contributed by atoms with Crippen molar-refractivity contribution in [1.29, 1.82) is 0 Å². The number of carbonyl (C=O) groups excluding carboxylic acids is 3. The molecule has 2 heterocycles. The molecule has 152 valence electrons. The Morgan fingerprint density at radius 2 is 1.89 bits per heavy atom. The molecule has 8 heteroatoms. The molecule has 1 aromatic carbocycles. The summed E-state index contributed by atoms with van der Waals surface area (Å²) in [6.45, 7) is 5.52. The normalized spacial score (nSPS) is 29.0. The largest absolute Gasteiger partial charge is 0.497 e. The molecule has 2 amide bonds. The molecule has 4 atom stereocenters. The van der Waals surface area contributed by atoms with Gasteiger partial charge in [0, 0.05) is 24.2 Å². The van der Waals surface area contributed by atoms with Gasteiger partial charge in [0.15, 0.2) is 0 Å². The fourth-order valence-corrected chi connectivity index (χ4v) is 4.32. The highest BCUT2D eigenvalue weighted by Gasteiger charge is 2.67. The molecule has 28 heavy (non-hydrogen) atoms. The molecule has 1 aromatic rings. The van der Waals surface area contributed by atoms with Crippen LogP contribution in [0.4, 0.5) is 0 Å². The van der Waals surface area contributed by atoms with Crippen LogP contribution in [0.2, 0.25) is 0 Å². The van der Waals surface area contributed by atoms with E-state index in [0.29, 0.717) is 17.1 Å². The van der Waals surface area contributed by atoms with Crippen molar-refractivity contribution in [1.82, 2.24) is 10.2 Å². The number of benzene rings is 1. The van der Waals surface area contributed by atoms with E-state index in [-0.39, 0.29) is 25.0 Å². The first-order chi connectivity index (χ1) is 13.3. The van der Waals surface area contributed by atoms with E-state index in [1.54, 1.807) is 46.1 Å². The lowest BCUT2D eigenvalue weighted by molar-refractivity contribution is -0.155. The molecule has 2 aliphatic heterocycles. The van der Waals surface area contributed by atoms with Gasteiger partial charge >= 0.3 is 5.97 Å². The van der Waals surface area contributed by atoms with Crippen LogP contribution in [0.25, 0.3) is 0 Å². The molecule has 0 saturated carbocycles. The quantitative estimate of drug-likeness (QED) is 0.578.